The summed E-state index contributed by atoms with van der Waals surface area (Å²) in [5.41, 5.74) is 3.23. The summed E-state index contributed by atoms with van der Waals surface area (Å²) in [7, 11) is 0. The third kappa shape index (κ3) is 5.10. The minimum absolute atomic E-state index is 0.0804. The average Bonchev–Trinajstić information content (AvgIpc) is 3.31. The predicted octanol–water partition coefficient (Wildman–Crippen LogP) is 5.72. The van der Waals surface area contributed by atoms with Crippen LogP contribution < -0.4 is 4.90 Å². The van der Waals surface area contributed by atoms with E-state index < -0.39 is 5.97 Å². The number of carbonyl (C=O) groups excluding carboxylic acids is 3. The second-order valence-electron chi connectivity index (χ2n) is 7.63. The maximum Gasteiger partial charge on any atom is 0.339 e. The molecule has 0 fully saturated rings. The smallest absolute Gasteiger partial charge is 0.339 e. The Morgan fingerprint density at radius 2 is 1.53 bits per heavy atom. The van der Waals surface area contributed by atoms with Crippen LogP contribution in [0.2, 0.25) is 0 Å². The van der Waals surface area contributed by atoms with Gasteiger partial charge < -0.3 is 4.74 Å². The molecule has 4 aromatic rings. The second-order valence-corrected chi connectivity index (χ2v) is 8.46. The van der Waals surface area contributed by atoms with Crippen LogP contribution in [0.25, 0.3) is 0 Å². The quantitative estimate of drug-likeness (QED) is 0.255. The molecule has 6 nitrogen and oxygen atoms in total. The Kier molecular flexibility index (Phi) is 6.94. The van der Waals surface area contributed by atoms with Gasteiger partial charge in [-0.15, -0.1) is 11.3 Å². The highest BCUT2D eigenvalue weighted by Gasteiger charge is 2.21. The van der Waals surface area contributed by atoms with Crippen molar-refractivity contribution < 1.29 is 19.1 Å². The van der Waals surface area contributed by atoms with Crippen LogP contribution in [0.15, 0.2) is 84.2 Å². The lowest BCUT2D eigenvalue weighted by Gasteiger charge is -2.17. The van der Waals surface area contributed by atoms with Crippen LogP contribution >= 0.6 is 11.3 Å². The third-order valence-electron chi connectivity index (χ3n) is 5.12. The summed E-state index contributed by atoms with van der Waals surface area (Å²) in [6, 6.07) is 23.0. The lowest BCUT2D eigenvalue weighted by atomic mass is 9.98. The van der Waals surface area contributed by atoms with Crippen LogP contribution in [0.5, 0.6) is 0 Å². The van der Waals surface area contributed by atoms with Crippen molar-refractivity contribution in [2.75, 3.05) is 4.90 Å². The number of benzene rings is 3. The standard InChI is InChI=1S/C27H22N2O4S/c1-18-12-14-20(15-13-18)25(31)23-10-6-7-11-24(23)26(32)33-16-21-17-34-27(28-21)29(19(2)30)22-8-4-3-5-9-22/h3-15,17H,16H2,1-2H3. The number of aromatic nitrogens is 1. The van der Waals surface area contributed by atoms with Crippen molar-refractivity contribution in [1.29, 1.82) is 0 Å². The van der Waals surface area contributed by atoms with Gasteiger partial charge in [-0.1, -0.05) is 66.2 Å². The number of nitrogens with zero attached hydrogens (tertiary/aromatic N) is 2. The highest BCUT2D eigenvalue weighted by molar-refractivity contribution is 7.14. The van der Waals surface area contributed by atoms with Crippen molar-refractivity contribution in [3.05, 3.63) is 112 Å². The fraction of sp³-hybridized carbons (Fsp3) is 0.111. The number of anilines is 2. The zero-order valence-corrected chi connectivity index (χ0v) is 19.5. The molecule has 0 saturated carbocycles. The van der Waals surface area contributed by atoms with Crippen molar-refractivity contribution in [3.8, 4) is 0 Å². The zero-order valence-electron chi connectivity index (χ0n) is 18.7. The molecule has 0 aliphatic rings. The average molecular weight is 471 g/mol. The molecule has 0 unspecified atom stereocenters. The monoisotopic (exact) mass is 470 g/mol. The van der Waals surface area contributed by atoms with Gasteiger partial charge in [-0.25, -0.2) is 9.78 Å². The van der Waals surface area contributed by atoms with Crippen LogP contribution in [0.1, 0.15) is 44.5 Å². The van der Waals surface area contributed by atoms with Crippen molar-refractivity contribution in [3.63, 3.8) is 0 Å². The molecule has 0 atom stereocenters. The number of ether oxygens (including phenoxy) is 1. The summed E-state index contributed by atoms with van der Waals surface area (Å²) in [6.07, 6.45) is 0. The Morgan fingerprint density at radius 1 is 0.882 bits per heavy atom. The molecule has 3 aromatic carbocycles. The Labute approximate surface area is 201 Å². The van der Waals surface area contributed by atoms with E-state index >= 15 is 0 Å². The van der Waals surface area contributed by atoms with E-state index in [0.717, 1.165) is 5.56 Å². The van der Waals surface area contributed by atoms with E-state index in [9.17, 15) is 14.4 Å². The maximum absolute atomic E-state index is 13.0. The molecule has 0 bridgehead atoms. The Morgan fingerprint density at radius 3 is 2.21 bits per heavy atom. The Bertz CT molecular complexity index is 1330. The van der Waals surface area contributed by atoms with E-state index in [4.69, 9.17) is 4.74 Å². The SMILES string of the molecule is CC(=O)N(c1ccccc1)c1nc(COC(=O)c2ccccc2C(=O)c2ccc(C)cc2)cs1. The number of thiazole rings is 1. The zero-order chi connectivity index (χ0) is 24.1. The largest absolute Gasteiger partial charge is 0.456 e. The molecule has 1 aromatic heterocycles. The van der Waals surface area contributed by atoms with Gasteiger partial charge in [0, 0.05) is 23.4 Å². The number of ketones is 1. The molecule has 0 aliphatic carbocycles. The molecule has 0 aliphatic heterocycles. The molecule has 1 heterocycles. The fourth-order valence-electron chi connectivity index (χ4n) is 3.41. The molecule has 170 valence electrons. The first-order valence-corrected chi connectivity index (χ1v) is 11.5. The van der Waals surface area contributed by atoms with Gasteiger partial charge in [0.2, 0.25) is 5.91 Å². The first-order chi connectivity index (χ1) is 16.4. The molecular weight excluding hydrogens is 448 g/mol. The van der Waals surface area contributed by atoms with E-state index in [1.807, 2.05) is 49.4 Å². The van der Waals surface area contributed by atoms with Gasteiger partial charge >= 0.3 is 5.97 Å². The lowest BCUT2D eigenvalue weighted by Crippen LogP contribution is -2.22. The number of para-hydroxylation sites is 1. The van der Waals surface area contributed by atoms with Crippen molar-refractivity contribution in [1.82, 2.24) is 4.98 Å². The highest BCUT2D eigenvalue weighted by Crippen LogP contribution is 2.29. The van der Waals surface area contributed by atoms with Gasteiger partial charge in [-0.05, 0) is 25.1 Å². The van der Waals surface area contributed by atoms with Gasteiger partial charge in [-0.2, -0.15) is 0 Å². The summed E-state index contributed by atoms with van der Waals surface area (Å²) in [4.78, 5) is 44.0. The summed E-state index contributed by atoms with van der Waals surface area (Å²) >= 11 is 1.28. The molecular formula is C27H22N2O4S. The number of aryl methyl sites for hydroxylation is 1. The van der Waals surface area contributed by atoms with Crippen LogP contribution in [0, 0.1) is 6.92 Å². The normalized spacial score (nSPS) is 10.5. The van der Waals surface area contributed by atoms with Crippen LogP contribution in [-0.2, 0) is 16.1 Å². The second kappa shape index (κ2) is 10.2. The van der Waals surface area contributed by atoms with Crippen molar-refractivity contribution in [2.24, 2.45) is 0 Å². The molecule has 0 N–H and O–H groups in total. The molecule has 1 amide bonds. The van der Waals surface area contributed by atoms with E-state index in [1.54, 1.807) is 41.8 Å². The van der Waals surface area contributed by atoms with Crippen LogP contribution in [-0.4, -0.2) is 22.6 Å². The number of hydrogen-bond donors (Lipinski definition) is 0. The fourth-order valence-corrected chi connectivity index (χ4v) is 4.28. The van der Waals surface area contributed by atoms with Crippen molar-refractivity contribution in [2.45, 2.75) is 20.5 Å². The predicted molar refractivity (Wildman–Crippen MR) is 132 cm³/mol. The molecule has 0 spiro atoms. The lowest BCUT2D eigenvalue weighted by molar-refractivity contribution is -0.115. The number of rotatable bonds is 7. The Balaban J connectivity index is 1.49. The van der Waals surface area contributed by atoms with Gasteiger partial charge in [0.15, 0.2) is 10.9 Å². The first kappa shape index (κ1) is 23.1. The summed E-state index contributed by atoms with van der Waals surface area (Å²) in [6.45, 7) is 3.33. The highest BCUT2D eigenvalue weighted by atomic mass is 32.1. The minimum atomic E-state index is -0.614. The molecule has 34 heavy (non-hydrogen) atoms. The summed E-state index contributed by atoms with van der Waals surface area (Å²) in [5, 5.41) is 2.23. The van der Waals surface area contributed by atoms with Gasteiger partial charge in [-0.3, -0.25) is 14.5 Å². The number of carbonyl (C=O) groups is 3. The van der Waals surface area contributed by atoms with Crippen molar-refractivity contribution >= 4 is 39.8 Å². The maximum atomic E-state index is 13.0. The minimum Gasteiger partial charge on any atom is -0.456 e. The number of esters is 1. The summed E-state index contributed by atoms with van der Waals surface area (Å²) < 4.78 is 5.47. The van der Waals surface area contributed by atoms with Gasteiger partial charge in [0.25, 0.3) is 0 Å². The van der Waals surface area contributed by atoms with E-state index in [1.165, 1.54) is 23.2 Å². The van der Waals surface area contributed by atoms with Crippen LogP contribution in [0.3, 0.4) is 0 Å². The van der Waals surface area contributed by atoms with Crippen LogP contribution in [0.4, 0.5) is 10.8 Å². The van der Waals surface area contributed by atoms with E-state index in [2.05, 4.69) is 4.98 Å². The molecule has 7 heteroatoms. The van der Waals surface area contributed by atoms with E-state index in [-0.39, 0.29) is 29.4 Å². The Hall–Kier alpha value is -4.10. The van der Waals surface area contributed by atoms with Gasteiger partial charge in [0.1, 0.15) is 6.61 Å². The molecule has 0 saturated heterocycles. The molecule has 4 rings (SSSR count). The van der Waals surface area contributed by atoms with E-state index in [0.29, 0.717) is 22.1 Å². The third-order valence-corrected chi connectivity index (χ3v) is 5.99. The number of hydrogen-bond acceptors (Lipinski definition) is 6. The first-order valence-electron chi connectivity index (χ1n) is 10.6. The van der Waals surface area contributed by atoms with Gasteiger partial charge in [0.05, 0.1) is 16.9 Å². The number of amides is 1. The molecule has 0 radical (unpaired) electrons. The summed E-state index contributed by atoms with van der Waals surface area (Å²) in [5.74, 6) is -1.03. The topological polar surface area (TPSA) is 76.6 Å².